The molecule has 112 valence electrons. The molecule has 2 aromatic carbocycles. The molecule has 0 unspecified atom stereocenters. The lowest BCUT2D eigenvalue weighted by molar-refractivity contribution is 0.412. The Bertz CT molecular complexity index is 775. The summed E-state index contributed by atoms with van der Waals surface area (Å²) in [7, 11) is 1.62. The predicted octanol–water partition coefficient (Wildman–Crippen LogP) is 3.71. The van der Waals surface area contributed by atoms with Crippen molar-refractivity contribution < 1.29 is 9.13 Å². The molecule has 0 saturated heterocycles. The maximum atomic E-state index is 13.7. The second-order valence-corrected chi connectivity index (χ2v) is 5.48. The Hall–Kier alpha value is -2.34. The van der Waals surface area contributed by atoms with E-state index < -0.39 is 0 Å². The van der Waals surface area contributed by atoms with Gasteiger partial charge in [0, 0.05) is 5.75 Å². The number of ether oxygens (including phenoxy) is 1. The smallest absolute Gasteiger partial charge is 0.196 e. The molecule has 0 bridgehead atoms. The molecule has 1 aromatic heterocycles. The zero-order chi connectivity index (χ0) is 15.4. The lowest BCUT2D eigenvalue weighted by atomic mass is 10.2. The summed E-state index contributed by atoms with van der Waals surface area (Å²) < 4.78 is 20.9. The Morgan fingerprint density at radius 3 is 2.73 bits per heavy atom. The molecule has 0 aliphatic heterocycles. The molecule has 0 amide bonds. The highest BCUT2D eigenvalue weighted by atomic mass is 32.2. The highest BCUT2D eigenvalue weighted by Crippen LogP contribution is 2.28. The van der Waals surface area contributed by atoms with Crippen molar-refractivity contribution in [3.8, 4) is 11.4 Å². The predicted molar refractivity (Wildman–Crippen MR) is 83.9 cm³/mol. The van der Waals surface area contributed by atoms with Crippen molar-refractivity contribution in [2.24, 2.45) is 0 Å². The van der Waals surface area contributed by atoms with Crippen molar-refractivity contribution in [2.75, 3.05) is 7.11 Å². The van der Waals surface area contributed by atoms with Crippen molar-refractivity contribution >= 4 is 11.8 Å². The van der Waals surface area contributed by atoms with Gasteiger partial charge in [-0.15, -0.1) is 10.2 Å². The van der Waals surface area contributed by atoms with Crippen LogP contribution in [0.2, 0.25) is 0 Å². The van der Waals surface area contributed by atoms with Crippen LogP contribution in [0, 0.1) is 5.82 Å². The normalized spacial score (nSPS) is 10.6. The van der Waals surface area contributed by atoms with E-state index in [4.69, 9.17) is 4.74 Å². The number of para-hydroxylation sites is 2. The van der Waals surface area contributed by atoms with Crippen molar-refractivity contribution in [3.63, 3.8) is 0 Å². The number of benzene rings is 2. The van der Waals surface area contributed by atoms with E-state index in [0.29, 0.717) is 16.5 Å². The molecule has 0 atom stereocenters. The van der Waals surface area contributed by atoms with E-state index in [2.05, 4.69) is 10.2 Å². The van der Waals surface area contributed by atoms with Crippen LogP contribution in [0.3, 0.4) is 0 Å². The van der Waals surface area contributed by atoms with Crippen LogP contribution in [-0.4, -0.2) is 21.9 Å². The summed E-state index contributed by atoms with van der Waals surface area (Å²) in [6.45, 7) is 0. The average molecular weight is 315 g/mol. The standard InChI is InChI=1S/C16H14FN3OS/c1-21-15-9-5-4-8-14(15)20-11-18-19-16(20)22-10-12-6-2-3-7-13(12)17/h2-9,11H,10H2,1H3. The minimum atomic E-state index is -0.210. The first-order chi connectivity index (χ1) is 10.8. The van der Waals surface area contributed by atoms with E-state index >= 15 is 0 Å². The Kier molecular flexibility index (Phi) is 4.39. The fourth-order valence-corrected chi connectivity index (χ4v) is 2.98. The molecule has 1 heterocycles. The number of hydrogen-bond donors (Lipinski definition) is 0. The molecule has 6 heteroatoms. The van der Waals surface area contributed by atoms with Crippen molar-refractivity contribution in [1.29, 1.82) is 0 Å². The van der Waals surface area contributed by atoms with Crippen LogP contribution in [-0.2, 0) is 5.75 Å². The molecule has 3 rings (SSSR count). The van der Waals surface area contributed by atoms with E-state index in [1.54, 1.807) is 25.6 Å². The zero-order valence-corrected chi connectivity index (χ0v) is 12.8. The number of hydrogen-bond acceptors (Lipinski definition) is 4. The average Bonchev–Trinajstić information content (AvgIpc) is 3.02. The first kappa shape index (κ1) is 14.6. The minimum absolute atomic E-state index is 0.210. The number of methoxy groups -OCH3 is 1. The van der Waals surface area contributed by atoms with Gasteiger partial charge in [0.1, 0.15) is 17.9 Å². The number of aromatic nitrogens is 3. The van der Waals surface area contributed by atoms with Gasteiger partial charge in [-0.3, -0.25) is 4.57 Å². The Morgan fingerprint density at radius 1 is 1.14 bits per heavy atom. The Balaban J connectivity index is 1.85. The largest absolute Gasteiger partial charge is 0.495 e. The SMILES string of the molecule is COc1ccccc1-n1cnnc1SCc1ccccc1F. The van der Waals surface area contributed by atoms with Crippen LogP contribution in [0.5, 0.6) is 5.75 Å². The van der Waals surface area contributed by atoms with Crippen molar-refractivity contribution in [1.82, 2.24) is 14.8 Å². The van der Waals surface area contributed by atoms with Crippen LogP contribution in [0.4, 0.5) is 4.39 Å². The van der Waals surface area contributed by atoms with Gasteiger partial charge in [0.15, 0.2) is 5.16 Å². The van der Waals surface area contributed by atoms with Gasteiger partial charge in [-0.1, -0.05) is 42.1 Å². The topological polar surface area (TPSA) is 39.9 Å². The molecule has 0 N–H and O–H groups in total. The zero-order valence-electron chi connectivity index (χ0n) is 11.9. The van der Waals surface area contributed by atoms with Gasteiger partial charge in [-0.25, -0.2) is 4.39 Å². The van der Waals surface area contributed by atoms with Gasteiger partial charge in [0.05, 0.1) is 12.8 Å². The van der Waals surface area contributed by atoms with Crippen LogP contribution in [0.25, 0.3) is 5.69 Å². The summed E-state index contributed by atoms with van der Waals surface area (Å²) >= 11 is 1.43. The highest BCUT2D eigenvalue weighted by Gasteiger charge is 2.12. The molecular weight excluding hydrogens is 301 g/mol. The van der Waals surface area contributed by atoms with Gasteiger partial charge in [-0.2, -0.15) is 0 Å². The third-order valence-electron chi connectivity index (χ3n) is 3.18. The summed E-state index contributed by atoms with van der Waals surface area (Å²) in [6.07, 6.45) is 1.63. The highest BCUT2D eigenvalue weighted by molar-refractivity contribution is 7.98. The molecule has 0 radical (unpaired) electrons. The van der Waals surface area contributed by atoms with Crippen LogP contribution < -0.4 is 4.74 Å². The minimum Gasteiger partial charge on any atom is -0.495 e. The lowest BCUT2D eigenvalue weighted by Crippen LogP contribution is -1.99. The van der Waals surface area contributed by atoms with Gasteiger partial charge in [-0.05, 0) is 23.8 Å². The summed E-state index contributed by atoms with van der Waals surface area (Å²) in [5.74, 6) is 1.01. The molecule has 4 nitrogen and oxygen atoms in total. The van der Waals surface area contributed by atoms with E-state index in [0.717, 1.165) is 11.4 Å². The maximum absolute atomic E-state index is 13.7. The van der Waals surface area contributed by atoms with Crippen molar-refractivity contribution in [2.45, 2.75) is 10.9 Å². The molecule has 3 aromatic rings. The quantitative estimate of drug-likeness (QED) is 0.673. The van der Waals surface area contributed by atoms with Crippen LogP contribution >= 0.6 is 11.8 Å². The van der Waals surface area contributed by atoms with Crippen LogP contribution in [0.15, 0.2) is 60.0 Å². The molecule has 0 saturated carbocycles. The van der Waals surface area contributed by atoms with Gasteiger partial charge in [0.25, 0.3) is 0 Å². The third-order valence-corrected chi connectivity index (χ3v) is 4.17. The molecule has 0 spiro atoms. The lowest BCUT2D eigenvalue weighted by Gasteiger charge is -2.10. The van der Waals surface area contributed by atoms with Gasteiger partial charge in [0.2, 0.25) is 0 Å². The molecule has 0 aliphatic carbocycles. The van der Waals surface area contributed by atoms with Gasteiger partial charge < -0.3 is 4.74 Å². The summed E-state index contributed by atoms with van der Waals surface area (Å²) in [5, 5.41) is 8.75. The Morgan fingerprint density at radius 2 is 1.91 bits per heavy atom. The van der Waals surface area contributed by atoms with E-state index in [1.165, 1.54) is 17.8 Å². The fourth-order valence-electron chi connectivity index (χ4n) is 2.07. The first-order valence-electron chi connectivity index (χ1n) is 6.69. The molecular formula is C16H14FN3OS. The number of thioether (sulfide) groups is 1. The van der Waals surface area contributed by atoms with E-state index in [9.17, 15) is 4.39 Å². The van der Waals surface area contributed by atoms with Crippen LogP contribution in [0.1, 0.15) is 5.56 Å². The molecule has 0 fully saturated rings. The number of nitrogens with zero attached hydrogens (tertiary/aromatic N) is 3. The second-order valence-electron chi connectivity index (χ2n) is 4.54. The maximum Gasteiger partial charge on any atom is 0.196 e. The fraction of sp³-hybridized carbons (Fsp3) is 0.125. The molecule has 0 aliphatic rings. The monoisotopic (exact) mass is 315 g/mol. The second kappa shape index (κ2) is 6.62. The first-order valence-corrected chi connectivity index (χ1v) is 7.68. The summed E-state index contributed by atoms with van der Waals surface area (Å²) in [4.78, 5) is 0. The third kappa shape index (κ3) is 2.96. The Labute approximate surface area is 132 Å². The number of rotatable bonds is 5. The van der Waals surface area contributed by atoms with Gasteiger partial charge >= 0.3 is 0 Å². The molecule has 22 heavy (non-hydrogen) atoms. The van der Waals surface area contributed by atoms with E-state index in [-0.39, 0.29) is 5.82 Å². The number of halogens is 1. The summed E-state index contributed by atoms with van der Waals surface area (Å²) in [5.41, 5.74) is 1.49. The van der Waals surface area contributed by atoms with E-state index in [1.807, 2.05) is 34.9 Å². The van der Waals surface area contributed by atoms with Crippen molar-refractivity contribution in [3.05, 3.63) is 66.2 Å². The summed E-state index contributed by atoms with van der Waals surface area (Å²) in [6, 6.07) is 14.4.